The Morgan fingerprint density at radius 1 is 1.20 bits per heavy atom. The minimum absolute atomic E-state index is 0.340. The van der Waals surface area contributed by atoms with Crippen LogP contribution in [0.25, 0.3) is 0 Å². The summed E-state index contributed by atoms with van der Waals surface area (Å²) in [5.41, 5.74) is 0.986. The van der Waals surface area contributed by atoms with Gasteiger partial charge in [0.15, 0.2) is 0 Å². The van der Waals surface area contributed by atoms with Crippen LogP contribution in [0.4, 0.5) is 0 Å². The summed E-state index contributed by atoms with van der Waals surface area (Å²) in [6.07, 6.45) is 1.07. The average Bonchev–Trinajstić information content (AvgIpc) is 3.08. The molecule has 2 heterocycles. The Bertz CT molecular complexity index is 618. The van der Waals surface area contributed by atoms with E-state index in [2.05, 4.69) is 17.0 Å². The molecule has 0 aliphatic rings. The first kappa shape index (κ1) is 15.7. The summed E-state index contributed by atoms with van der Waals surface area (Å²) in [6, 6.07) is 5.46. The molecule has 0 saturated carbocycles. The highest BCUT2D eigenvalue weighted by Crippen LogP contribution is 2.21. The molecule has 20 heavy (non-hydrogen) atoms. The number of nitrogens with one attached hydrogen (secondary N) is 2. The Balaban J connectivity index is 1.95. The minimum Gasteiger partial charge on any atom is -0.312 e. The van der Waals surface area contributed by atoms with E-state index in [1.165, 1.54) is 11.3 Å². The van der Waals surface area contributed by atoms with Crippen molar-refractivity contribution in [2.75, 3.05) is 6.54 Å². The lowest BCUT2D eigenvalue weighted by molar-refractivity contribution is 0.583. The monoisotopic (exact) mass is 330 g/mol. The molecular formula is C13H18N2O2S3. The Morgan fingerprint density at radius 3 is 2.75 bits per heavy atom. The van der Waals surface area contributed by atoms with Gasteiger partial charge in [-0.15, -0.1) is 11.3 Å². The van der Waals surface area contributed by atoms with Crippen LogP contribution in [0.1, 0.15) is 23.8 Å². The first-order chi connectivity index (χ1) is 9.62. The van der Waals surface area contributed by atoms with E-state index < -0.39 is 10.0 Å². The van der Waals surface area contributed by atoms with Crippen LogP contribution >= 0.6 is 22.7 Å². The number of hydrogen-bond acceptors (Lipinski definition) is 5. The molecule has 0 saturated heterocycles. The van der Waals surface area contributed by atoms with Gasteiger partial charge in [0.2, 0.25) is 10.0 Å². The molecule has 0 bridgehead atoms. The van der Waals surface area contributed by atoms with Crippen molar-refractivity contribution >= 4 is 32.7 Å². The smallest absolute Gasteiger partial charge is 0.250 e. The van der Waals surface area contributed by atoms with Crippen LogP contribution in [0.15, 0.2) is 33.2 Å². The SMILES string of the molecule is CCCNCc1ccc(S(=O)(=O)NCc2ccsc2)s1. The summed E-state index contributed by atoms with van der Waals surface area (Å²) in [7, 11) is -3.40. The van der Waals surface area contributed by atoms with Crippen molar-refractivity contribution < 1.29 is 8.42 Å². The maximum Gasteiger partial charge on any atom is 0.250 e. The summed E-state index contributed by atoms with van der Waals surface area (Å²) in [4.78, 5) is 1.04. The highest BCUT2D eigenvalue weighted by Gasteiger charge is 2.16. The molecule has 110 valence electrons. The van der Waals surface area contributed by atoms with E-state index in [4.69, 9.17) is 0 Å². The van der Waals surface area contributed by atoms with Gasteiger partial charge in [0, 0.05) is 18.0 Å². The van der Waals surface area contributed by atoms with Gasteiger partial charge >= 0.3 is 0 Å². The fourth-order valence-electron chi connectivity index (χ4n) is 1.63. The zero-order chi connectivity index (χ0) is 14.4. The zero-order valence-corrected chi connectivity index (χ0v) is 13.7. The van der Waals surface area contributed by atoms with Gasteiger partial charge in [-0.3, -0.25) is 0 Å². The van der Waals surface area contributed by atoms with Crippen LogP contribution in [-0.2, 0) is 23.1 Å². The van der Waals surface area contributed by atoms with Crippen molar-refractivity contribution in [2.24, 2.45) is 0 Å². The number of sulfonamides is 1. The van der Waals surface area contributed by atoms with Crippen LogP contribution < -0.4 is 10.0 Å². The first-order valence-electron chi connectivity index (χ1n) is 6.42. The van der Waals surface area contributed by atoms with Crippen LogP contribution in [0.2, 0.25) is 0 Å². The summed E-state index contributed by atoms with van der Waals surface area (Å²) >= 11 is 2.88. The highest BCUT2D eigenvalue weighted by molar-refractivity contribution is 7.91. The van der Waals surface area contributed by atoms with Gasteiger partial charge in [0.25, 0.3) is 0 Å². The summed E-state index contributed by atoms with van der Waals surface area (Å²) in [5.74, 6) is 0. The Hall–Kier alpha value is -0.730. The van der Waals surface area contributed by atoms with E-state index in [-0.39, 0.29) is 0 Å². The van der Waals surface area contributed by atoms with E-state index in [9.17, 15) is 8.42 Å². The van der Waals surface area contributed by atoms with Crippen LogP contribution in [0.3, 0.4) is 0 Å². The Labute approximate surface area is 127 Å². The standard InChI is InChI=1S/C13H18N2O2S3/c1-2-6-14-9-12-3-4-13(19-12)20(16,17)15-8-11-5-7-18-10-11/h3-5,7,10,14-15H,2,6,8-9H2,1H3. The molecule has 0 spiro atoms. The summed E-state index contributed by atoms with van der Waals surface area (Å²) < 4.78 is 27.3. The van der Waals surface area contributed by atoms with Crippen molar-refractivity contribution in [1.29, 1.82) is 0 Å². The normalized spacial score (nSPS) is 11.8. The lowest BCUT2D eigenvalue weighted by Gasteiger charge is -2.03. The van der Waals surface area contributed by atoms with Gasteiger partial charge in [-0.2, -0.15) is 11.3 Å². The lowest BCUT2D eigenvalue weighted by Crippen LogP contribution is -2.22. The van der Waals surface area contributed by atoms with E-state index in [1.807, 2.05) is 22.9 Å². The molecule has 0 radical (unpaired) electrons. The van der Waals surface area contributed by atoms with Crippen LogP contribution in [-0.4, -0.2) is 15.0 Å². The molecule has 0 amide bonds. The van der Waals surface area contributed by atoms with Crippen molar-refractivity contribution in [3.8, 4) is 0 Å². The predicted molar refractivity (Wildman–Crippen MR) is 84.7 cm³/mol. The summed E-state index contributed by atoms with van der Waals surface area (Å²) in [5, 5.41) is 7.15. The molecule has 7 heteroatoms. The van der Waals surface area contributed by atoms with Crippen LogP contribution in [0, 0.1) is 0 Å². The maximum absolute atomic E-state index is 12.2. The van der Waals surface area contributed by atoms with E-state index >= 15 is 0 Å². The van der Waals surface area contributed by atoms with Gasteiger partial charge in [-0.1, -0.05) is 6.92 Å². The third-order valence-electron chi connectivity index (χ3n) is 2.67. The zero-order valence-electron chi connectivity index (χ0n) is 11.3. The molecule has 0 aliphatic carbocycles. The maximum atomic E-state index is 12.2. The molecular weight excluding hydrogens is 312 g/mol. The molecule has 2 aromatic heterocycles. The second kappa shape index (κ2) is 7.33. The summed E-state index contributed by atoms with van der Waals surface area (Å²) in [6.45, 7) is 4.10. The van der Waals surface area contributed by atoms with E-state index in [0.29, 0.717) is 10.8 Å². The molecule has 0 aliphatic heterocycles. The number of hydrogen-bond donors (Lipinski definition) is 2. The second-order valence-electron chi connectivity index (χ2n) is 4.35. The van der Waals surface area contributed by atoms with Crippen LogP contribution in [0.5, 0.6) is 0 Å². The third kappa shape index (κ3) is 4.39. The van der Waals surface area contributed by atoms with Crippen molar-refractivity contribution in [2.45, 2.75) is 30.6 Å². The number of thiophene rings is 2. The quantitative estimate of drug-likeness (QED) is 0.732. The van der Waals surface area contributed by atoms with E-state index in [0.717, 1.165) is 30.0 Å². The topological polar surface area (TPSA) is 58.2 Å². The van der Waals surface area contributed by atoms with Gasteiger partial charge in [0.1, 0.15) is 4.21 Å². The highest BCUT2D eigenvalue weighted by atomic mass is 32.2. The van der Waals surface area contributed by atoms with Crippen molar-refractivity contribution in [3.63, 3.8) is 0 Å². The number of rotatable bonds is 8. The van der Waals surface area contributed by atoms with Gasteiger partial charge < -0.3 is 5.32 Å². The van der Waals surface area contributed by atoms with Gasteiger partial charge in [0.05, 0.1) is 0 Å². The molecule has 2 aromatic rings. The molecule has 0 aromatic carbocycles. The second-order valence-corrected chi connectivity index (χ2v) is 8.30. The molecule has 0 atom stereocenters. The largest absolute Gasteiger partial charge is 0.312 e. The lowest BCUT2D eigenvalue weighted by atomic mass is 10.4. The minimum atomic E-state index is -3.40. The molecule has 0 fully saturated rings. The molecule has 0 unspecified atom stereocenters. The van der Waals surface area contributed by atoms with Crippen molar-refractivity contribution in [3.05, 3.63) is 39.4 Å². The van der Waals surface area contributed by atoms with Gasteiger partial charge in [-0.05, 0) is 47.5 Å². The average molecular weight is 330 g/mol. The Morgan fingerprint density at radius 2 is 2.05 bits per heavy atom. The predicted octanol–water partition coefficient (Wildman–Crippen LogP) is 2.79. The molecule has 2 N–H and O–H groups in total. The Kier molecular flexibility index (Phi) is 5.74. The fraction of sp³-hybridized carbons (Fsp3) is 0.385. The van der Waals surface area contributed by atoms with E-state index in [1.54, 1.807) is 17.4 Å². The molecule has 4 nitrogen and oxygen atoms in total. The third-order valence-corrected chi connectivity index (χ3v) is 6.38. The first-order valence-corrected chi connectivity index (χ1v) is 9.66. The fourth-order valence-corrected chi connectivity index (χ4v) is 4.69. The van der Waals surface area contributed by atoms with Crippen molar-refractivity contribution in [1.82, 2.24) is 10.0 Å². The molecule has 2 rings (SSSR count). The van der Waals surface area contributed by atoms with Gasteiger partial charge in [-0.25, -0.2) is 13.1 Å².